The van der Waals surface area contributed by atoms with Gasteiger partial charge in [0.05, 0.1) is 5.33 Å². The lowest BCUT2D eigenvalue weighted by molar-refractivity contribution is -0.247. The molecule has 148 valence electrons. The van der Waals surface area contributed by atoms with Crippen molar-refractivity contribution in [3.8, 4) is 0 Å². The zero-order chi connectivity index (χ0) is 18.7. The topological polar surface area (TPSA) is 46.5 Å². The second kappa shape index (κ2) is 6.56. The van der Waals surface area contributed by atoms with E-state index in [-0.39, 0.29) is 11.3 Å². The fourth-order valence-electron chi connectivity index (χ4n) is 8.02. The van der Waals surface area contributed by atoms with Gasteiger partial charge in [-0.05, 0) is 79.4 Å². The minimum Gasteiger partial charge on any atom is -0.365 e. The maximum Gasteiger partial charge on any atom is 0.165 e. The van der Waals surface area contributed by atoms with E-state index in [4.69, 9.17) is 4.74 Å². The molecule has 0 bridgehead atoms. The van der Waals surface area contributed by atoms with Crippen molar-refractivity contribution in [2.24, 2.45) is 40.4 Å². The smallest absolute Gasteiger partial charge is 0.165 e. The van der Waals surface area contributed by atoms with Crippen LogP contribution in [0, 0.1) is 40.4 Å². The lowest BCUT2D eigenvalue weighted by Gasteiger charge is -2.61. The average Bonchev–Trinajstić information content (AvgIpc) is 2.99. The monoisotopic (exact) mass is 426 g/mol. The number of fused-ring (bicyclic) bond motifs is 5. The van der Waals surface area contributed by atoms with E-state index in [1.165, 1.54) is 32.1 Å². The lowest BCUT2D eigenvalue weighted by atomic mass is 9.44. The molecule has 3 unspecified atom stereocenters. The van der Waals surface area contributed by atoms with Crippen LogP contribution < -0.4 is 0 Å². The van der Waals surface area contributed by atoms with Gasteiger partial charge in [-0.25, -0.2) is 0 Å². The standard InChI is InChI=1S/C22H35BrO3/c1-20-10-11-22(25,26-3)12-14(20)4-5-15-16-6-7-18(19(24)13-23)21(16,2)9-8-17(15)20/h14-18,25H,4-13H2,1-3H3/t14-,15?,16?,17?,18+,20-,21-,22-/m0/s1. The summed E-state index contributed by atoms with van der Waals surface area (Å²) in [6.45, 7) is 4.92. The summed E-state index contributed by atoms with van der Waals surface area (Å²) >= 11 is 3.42. The van der Waals surface area contributed by atoms with E-state index in [9.17, 15) is 9.90 Å². The van der Waals surface area contributed by atoms with Crippen molar-refractivity contribution >= 4 is 21.7 Å². The first-order valence-corrected chi connectivity index (χ1v) is 11.8. The van der Waals surface area contributed by atoms with Crippen LogP contribution in [0.1, 0.15) is 71.6 Å². The van der Waals surface area contributed by atoms with Gasteiger partial charge < -0.3 is 9.84 Å². The van der Waals surface area contributed by atoms with Gasteiger partial charge in [0.25, 0.3) is 0 Å². The minimum atomic E-state index is -0.902. The van der Waals surface area contributed by atoms with Crippen molar-refractivity contribution < 1.29 is 14.6 Å². The van der Waals surface area contributed by atoms with E-state index in [0.717, 1.165) is 43.4 Å². The van der Waals surface area contributed by atoms with Gasteiger partial charge in [0, 0.05) is 25.9 Å². The molecule has 4 rings (SSSR count). The van der Waals surface area contributed by atoms with E-state index < -0.39 is 5.79 Å². The number of ketones is 1. The van der Waals surface area contributed by atoms with E-state index in [1.807, 2.05) is 0 Å². The van der Waals surface area contributed by atoms with Crippen molar-refractivity contribution in [3.05, 3.63) is 0 Å². The largest absolute Gasteiger partial charge is 0.365 e. The molecule has 0 aromatic heterocycles. The van der Waals surface area contributed by atoms with E-state index in [0.29, 0.717) is 22.4 Å². The van der Waals surface area contributed by atoms with Crippen LogP contribution in [0.4, 0.5) is 0 Å². The molecule has 4 aliphatic carbocycles. The van der Waals surface area contributed by atoms with Crippen LogP contribution in [0.5, 0.6) is 0 Å². The maximum absolute atomic E-state index is 12.5. The van der Waals surface area contributed by atoms with Gasteiger partial charge in [-0.2, -0.15) is 0 Å². The number of ether oxygens (including phenoxy) is 1. The quantitative estimate of drug-likeness (QED) is 0.513. The third-order valence-corrected chi connectivity index (χ3v) is 10.1. The molecule has 0 heterocycles. The van der Waals surface area contributed by atoms with Gasteiger partial charge >= 0.3 is 0 Å². The van der Waals surface area contributed by atoms with E-state index >= 15 is 0 Å². The number of aliphatic hydroxyl groups is 1. The Kier molecular flexibility index (Phi) is 4.89. The highest BCUT2D eigenvalue weighted by Gasteiger charge is 2.62. The summed E-state index contributed by atoms with van der Waals surface area (Å²) in [6, 6.07) is 0. The summed E-state index contributed by atoms with van der Waals surface area (Å²) in [7, 11) is 1.65. The molecule has 4 fully saturated rings. The summed E-state index contributed by atoms with van der Waals surface area (Å²) < 4.78 is 5.46. The fraction of sp³-hybridized carbons (Fsp3) is 0.955. The molecule has 4 aliphatic rings. The van der Waals surface area contributed by atoms with Crippen LogP contribution in [-0.2, 0) is 9.53 Å². The van der Waals surface area contributed by atoms with Gasteiger partial charge in [-0.15, -0.1) is 0 Å². The van der Waals surface area contributed by atoms with Crippen LogP contribution in [0.3, 0.4) is 0 Å². The van der Waals surface area contributed by atoms with Gasteiger partial charge in [0.15, 0.2) is 5.79 Å². The van der Waals surface area contributed by atoms with Gasteiger partial charge in [-0.1, -0.05) is 29.8 Å². The van der Waals surface area contributed by atoms with Crippen molar-refractivity contribution in [1.82, 2.24) is 0 Å². The zero-order valence-corrected chi connectivity index (χ0v) is 18.2. The number of hydrogen-bond acceptors (Lipinski definition) is 3. The molecule has 1 N–H and O–H groups in total. The molecule has 4 saturated carbocycles. The minimum absolute atomic E-state index is 0.219. The molecule has 4 heteroatoms. The maximum atomic E-state index is 12.5. The van der Waals surface area contributed by atoms with Crippen molar-refractivity contribution in [3.63, 3.8) is 0 Å². The van der Waals surface area contributed by atoms with Crippen molar-refractivity contribution in [2.45, 2.75) is 77.4 Å². The number of methoxy groups -OCH3 is 1. The third kappa shape index (κ3) is 2.69. The van der Waals surface area contributed by atoms with Crippen LogP contribution in [0.15, 0.2) is 0 Å². The number of carbonyl (C=O) groups excluding carboxylic acids is 1. The summed E-state index contributed by atoms with van der Waals surface area (Å²) in [4.78, 5) is 12.5. The highest BCUT2D eigenvalue weighted by atomic mass is 79.9. The normalized spacial score (nSPS) is 53.5. The Balaban J connectivity index is 1.58. The SMILES string of the molecule is CO[C@@]1(O)CC[C@]2(C)C3CC[C@@]4(C)C(CC[C@@H]4C(=O)CBr)C3CC[C@H]2C1. The summed E-state index contributed by atoms with van der Waals surface area (Å²) in [5, 5.41) is 11.2. The molecule has 0 saturated heterocycles. The molecule has 0 amide bonds. The summed E-state index contributed by atoms with van der Waals surface area (Å²) in [5.41, 5.74) is 0.559. The molecular weight excluding hydrogens is 392 g/mol. The Labute approximate surface area is 166 Å². The Bertz CT molecular complexity index is 580. The van der Waals surface area contributed by atoms with Crippen molar-refractivity contribution in [2.75, 3.05) is 12.4 Å². The fourth-order valence-corrected chi connectivity index (χ4v) is 8.41. The Morgan fingerprint density at radius 1 is 1.04 bits per heavy atom. The zero-order valence-electron chi connectivity index (χ0n) is 16.6. The number of halogens is 1. The number of hydrogen-bond donors (Lipinski definition) is 1. The number of Topliss-reactive ketones (excluding diaryl/α,β-unsaturated/α-hetero) is 1. The molecule has 26 heavy (non-hydrogen) atoms. The predicted molar refractivity (Wildman–Crippen MR) is 106 cm³/mol. The molecule has 0 aromatic rings. The Morgan fingerprint density at radius 3 is 2.46 bits per heavy atom. The second-order valence-electron chi connectivity index (χ2n) is 10.3. The molecule has 0 aliphatic heterocycles. The molecule has 0 radical (unpaired) electrons. The highest BCUT2D eigenvalue weighted by molar-refractivity contribution is 9.09. The van der Waals surface area contributed by atoms with Crippen molar-refractivity contribution in [1.29, 1.82) is 0 Å². The first-order chi connectivity index (χ1) is 12.3. The third-order valence-electron chi connectivity index (χ3n) is 9.59. The number of carbonyl (C=O) groups is 1. The average molecular weight is 427 g/mol. The van der Waals surface area contributed by atoms with Gasteiger partial charge in [0.2, 0.25) is 0 Å². The van der Waals surface area contributed by atoms with Crippen LogP contribution >= 0.6 is 15.9 Å². The highest BCUT2D eigenvalue weighted by Crippen LogP contribution is 2.68. The Hall–Kier alpha value is 0.0700. The molecule has 0 aromatic carbocycles. The molecular formula is C22H35BrO3. The first-order valence-electron chi connectivity index (χ1n) is 10.6. The Morgan fingerprint density at radius 2 is 1.77 bits per heavy atom. The van der Waals surface area contributed by atoms with Crippen LogP contribution in [0.25, 0.3) is 0 Å². The summed E-state index contributed by atoms with van der Waals surface area (Å²) in [6.07, 6.45) is 9.95. The van der Waals surface area contributed by atoms with Crippen LogP contribution in [0.2, 0.25) is 0 Å². The second-order valence-corrected chi connectivity index (χ2v) is 10.8. The number of rotatable bonds is 3. The van der Waals surface area contributed by atoms with E-state index in [1.54, 1.807) is 7.11 Å². The first kappa shape index (κ1) is 19.4. The van der Waals surface area contributed by atoms with Gasteiger partial charge in [0.1, 0.15) is 5.78 Å². The van der Waals surface area contributed by atoms with Crippen LogP contribution in [-0.4, -0.2) is 29.1 Å². The number of alkyl halides is 1. The van der Waals surface area contributed by atoms with Gasteiger partial charge in [-0.3, -0.25) is 4.79 Å². The lowest BCUT2D eigenvalue weighted by Crippen LogP contribution is -2.56. The predicted octanol–water partition coefficient (Wildman–Crippen LogP) is 4.94. The van der Waals surface area contributed by atoms with E-state index in [2.05, 4.69) is 29.8 Å². The molecule has 3 nitrogen and oxygen atoms in total. The molecule has 0 spiro atoms. The summed E-state index contributed by atoms with van der Waals surface area (Å²) in [5.74, 6) is 2.62. The molecule has 8 atom stereocenters.